The normalized spacial score (nSPS) is 17.0. The lowest BCUT2D eigenvalue weighted by Crippen LogP contribution is -2.31. The Hall–Kier alpha value is -4.06. The Labute approximate surface area is 211 Å². The number of likely N-dealkylation sites (tertiary alicyclic amines) is 1. The van der Waals surface area contributed by atoms with Crippen molar-refractivity contribution in [1.29, 1.82) is 0 Å². The lowest BCUT2D eigenvalue weighted by atomic mass is 9.95. The minimum atomic E-state index is -0.684. The number of carbonyl (C=O) groups is 2. The zero-order valence-electron chi connectivity index (χ0n) is 20.8. The molecule has 1 aliphatic heterocycles. The second-order valence-corrected chi connectivity index (χ2v) is 9.23. The van der Waals surface area contributed by atoms with Gasteiger partial charge in [-0.3, -0.25) is 9.59 Å². The predicted octanol–water partition coefficient (Wildman–Crippen LogP) is 5.39. The molecule has 6 nitrogen and oxygen atoms in total. The van der Waals surface area contributed by atoms with Gasteiger partial charge in [-0.1, -0.05) is 56.3 Å². The maximum absolute atomic E-state index is 13.2. The summed E-state index contributed by atoms with van der Waals surface area (Å²) in [6.45, 7) is 5.04. The number of benzene rings is 3. The van der Waals surface area contributed by atoms with E-state index in [4.69, 9.17) is 9.47 Å². The molecule has 6 heteroatoms. The number of ether oxygens (including phenoxy) is 2. The van der Waals surface area contributed by atoms with Crippen LogP contribution in [0, 0.1) is 5.92 Å². The maximum Gasteiger partial charge on any atom is 0.295 e. The number of ketones is 1. The summed E-state index contributed by atoms with van der Waals surface area (Å²) in [6.07, 6.45) is 0.558. The maximum atomic E-state index is 13.2. The van der Waals surface area contributed by atoms with Crippen molar-refractivity contribution in [1.82, 2.24) is 4.90 Å². The predicted molar refractivity (Wildman–Crippen MR) is 139 cm³/mol. The van der Waals surface area contributed by atoms with E-state index in [2.05, 4.69) is 13.8 Å². The van der Waals surface area contributed by atoms with E-state index in [1.54, 1.807) is 36.3 Å². The van der Waals surface area contributed by atoms with Crippen LogP contribution in [0.5, 0.6) is 11.5 Å². The standard InChI is InChI=1S/C30H31NO5/c1-20(2)19-36-25-15-11-23(12-16-25)28(32)26-27(22-7-5-4-6-8-22)31(30(34)29(26)33)18-17-21-9-13-24(35-3)14-10-21/h4-16,20,27,32H,17-19H2,1-3H3/b28-26-. The molecule has 1 saturated heterocycles. The molecule has 186 valence electrons. The molecule has 0 radical (unpaired) electrons. The number of hydrogen-bond acceptors (Lipinski definition) is 5. The van der Waals surface area contributed by atoms with Crippen molar-refractivity contribution in [3.63, 3.8) is 0 Å². The fourth-order valence-corrected chi connectivity index (χ4v) is 4.26. The first-order valence-electron chi connectivity index (χ1n) is 12.1. The third-order valence-corrected chi connectivity index (χ3v) is 6.17. The van der Waals surface area contributed by atoms with E-state index in [1.807, 2.05) is 54.6 Å². The zero-order chi connectivity index (χ0) is 25.7. The molecular formula is C30H31NO5. The van der Waals surface area contributed by atoms with Crippen LogP contribution in [0.2, 0.25) is 0 Å². The van der Waals surface area contributed by atoms with Crippen LogP contribution in [0.1, 0.15) is 36.6 Å². The van der Waals surface area contributed by atoms with Crippen molar-refractivity contribution in [2.45, 2.75) is 26.3 Å². The van der Waals surface area contributed by atoms with Crippen molar-refractivity contribution < 1.29 is 24.2 Å². The first kappa shape index (κ1) is 25.0. The molecule has 1 aliphatic rings. The van der Waals surface area contributed by atoms with E-state index in [0.29, 0.717) is 36.8 Å². The Kier molecular flexibility index (Phi) is 7.74. The summed E-state index contributed by atoms with van der Waals surface area (Å²) in [5.41, 5.74) is 2.34. The fraction of sp³-hybridized carbons (Fsp3) is 0.267. The van der Waals surface area contributed by atoms with Gasteiger partial charge in [0.25, 0.3) is 11.7 Å². The number of hydrogen-bond donors (Lipinski definition) is 1. The van der Waals surface area contributed by atoms with Gasteiger partial charge in [0.1, 0.15) is 17.3 Å². The minimum Gasteiger partial charge on any atom is -0.507 e. The van der Waals surface area contributed by atoms with E-state index in [-0.39, 0.29) is 11.3 Å². The van der Waals surface area contributed by atoms with Crippen LogP contribution in [0.4, 0.5) is 0 Å². The number of methoxy groups -OCH3 is 1. The lowest BCUT2D eigenvalue weighted by molar-refractivity contribution is -0.139. The average molecular weight is 486 g/mol. The van der Waals surface area contributed by atoms with Gasteiger partial charge in [0.2, 0.25) is 0 Å². The molecule has 0 aliphatic carbocycles. The molecule has 1 heterocycles. The number of rotatable bonds is 9. The number of aliphatic hydroxyl groups is 1. The largest absolute Gasteiger partial charge is 0.507 e. The van der Waals surface area contributed by atoms with Gasteiger partial charge in [-0.2, -0.15) is 0 Å². The van der Waals surface area contributed by atoms with Gasteiger partial charge in [-0.05, 0) is 59.9 Å². The molecule has 3 aromatic rings. The molecule has 1 atom stereocenters. The zero-order valence-corrected chi connectivity index (χ0v) is 20.8. The molecular weight excluding hydrogens is 454 g/mol. The summed E-state index contributed by atoms with van der Waals surface area (Å²) >= 11 is 0. The Morgan fingerprint density at radius 1 is 0.917 bits per heavy atom. The summed E-state index contributed by atoms with van der Waals surface area (Å²) < 4.78 is 10.9. The first-order chi connectivity index (χ1) is 17.4. The minimum absolute atomic E-state index is 0.0942. The molecule has 1 N–H and O–H groups in total. The summed E-state index contributed by atoms with van der Waals surface area (Å²) in [7, 11) is 1.61. The number of carbonyl (C=O) groups excluding carboxylic acids is 2. The van der Waals surface area contributed by atoms with E-state index in [0.717, 1.165) is 16.9 Å². The van der Waals surface area contributed by atoms with Crippen LogP contribution >= 0.6 is 0 Å². The number of amides is 1. The molecule has 3 aromatic carbocycles. The highest BCUT2D eigenvalue weighted by atomic mass is 16.5. The van der Waals surface area contributed by atoms with Crippen LogP contribution in [0.3, 0.4) is 0 Å². The Morgan fingerprint density at radius 3 is 2.17 bits per heavy atom. The van der Waals surface area contributed by atoms with E-state index in [1.165, 1.54) is 0 Å². The van der Waals surface area contributed by atoms with Gasteiger partial charge in [0.15, 0.2) is 0 Å². The molecule has 0 aromatic heterocycles. The van der Waals surface area contributed by atoms with Crippen LogP contribution in [-0.2, 0) is 16.0 Å². The van der Waals surface area contributed by atoms with Gasteiger partial charge in [-0.15, -0.1) is 0 Å². The summed E-state index contributed by atoms with van der Waals surface area (Å²) in [6, 6.07) is 23.2. The first-order valence-corrected chi connectivity index (χ1v) is 12.1. The van der Waals surface area contributed by atoms with Crippen LogP contribution in [0.15, 0.2) is 84.4 Å². The van der Waals surface area contributed by atoms with Crippen molar-refractivity contribution in [2.75, 3.05) is 20.3 Å². The second-order valence-electron chi connectivity index (χ2n) is 9.23. The molecule has 0 bridgehead atoms. The quantitative estimate of drug-likeness (QED) is 0.250. The van der Waals surface area contributed by atoms with Gasteiger partial charge < -0.3 is 19.5 Å². The third-order valence-electron chi connectivity index (χ3n) is 6.17. The highest BCUT2D eigenvalue weighted by Gasteiger charge is 2.45. The monoisotopic (exact) mass is 485 g/mol. The number of nitrogens with zero attached hydrogens (tertiary/aromatic N) is 1. The number of Topliss-reactive ketones (excluding diaryl/α,β-unsaturated/α-hetero) is 1. The van der Waals surface area contributed by atoms with E-state index >= 15 is 0 Å². The van der Waals surface area contributed by atoms with Crippen LogP contribution in [-0.4, -0.2) is 42.0 Å². The molecule has 0 spiro atoms. The molecule has 36 heavy (non-hydrogen) atoms. The molecule has 1 amide bonds. The van der Waals surface area contributed by atoms with Gasteiger partial charge in [0.05, 0.1) is 25.3 Å². The van der Waals surface area contributed by atoms with E-state index in [9.17, 15) is 14.7 Å². The fourth-order valence-electron chi connectivity index (χ4n) is 4.26. The van der Waals surface area contributed by atoms with E-state index < -0.39 is 17.7 Å². The highest BCUT2D eigenvalue weighted by molar-refractivity contribution is 6.46. The van der Waals surface area contributed by atoms with Crippen molar-refractivity contribution in [2.24, 2.45) is 5.92 Å². The van der Waals surface area contributed by atoms with Gasteiger partial charge >= 0.3 is 0 Å². The van der Waals surface area contributed by atoms with Crippen molar-refractivity contribution in [3.05, 3.63) is 101 Å². The second kappa shape index (κ2) is 11.1. The summed E-state index contributed by atoms with van der Waals surface area (Å²) in [5, 5.41) is 11.2. The van der Waals surface area contributed by atoms with Crippen LogP contribution in [0.25, 0.3) is 5.76 Å². The molecule has 1 fully saturated rings. The number of aliphatic hydroxyl groups excluding tert-OH is 1. The average Bonchev–Trinajstić information content (AvgIpc) is 3.16. The van der Waals surface area contributed by atoms with Crippen LogP contribution < -0.4 is 9.47 Å². The van der Waals surface area contributed by atoms with Crippen molar-refractivity contribution in [3.8, 4) is 11.5 Å². The smallest absolute Gasteiger partial charge is 0.295 e. The Bertz CT molecular complexity index is 1230. The van der Waals surface area contributed by atoms with Crippen molar-refractivity contribution >= 4 is 17.4 Å². The SMILES string of the molecule is COc1ccc(CCN2C(=O)C(=O)/C(=C(\O)c3ccc(OCC(C)C)cc3)C2c2ccccc2)cc1. The third kappa shape index (κ3) is 5.43. The Balaban J connectivity index is 1.66. The highest BCUT2D eigenvalue weighted by Crippen LogP contribution is 2.39. The molecule has 0 saturated carbocycles. The van der Waals surface area contributed by atoms with Gasteiger partial charge in [-0.25, -0.2) is 0 Å². The Morgan fingerprint density at radius 2 is 1.56 bits per heavy atom. The summed E-state index contributed by atoms with van der Waals surface area (Å²) in [5.74, 6) is 0.332. The summed E-state index contributed by atoms with van der Waals surface area (Å²) in [4.78, 5) is 27.9. The molecule has 4 rings (SSSR count). The molecule has 1 unspecified atom stereocenters. The van der Waals surface area contributed by atoms with Gasteiger partial charge in [0, 0.05) is 12.1 Å². The topological polar surface area (TPSA) is 76.1 Å². The lowest BCUT2D eigenvalue weighted by Gasteiger charge is -2.25.